The van der Waals surface area contributed by atoms with Crippen LogP contribution in [0.15, 0.2) is 72.8 Å². The van der Waals surface area contributed by atoms with Crippen LogP contribution in [-0.4, -0.2) is 7.28 Å². The lowest BCUT2D eigenvalue weighted by Crippen LogP contribution is -2.28. The average molecular weight is 239 g/mol. The van der Waals surface area contributed by atoms with E-state index in [9.17, 15) is 0 Å². The molecule has 19 heavy (non-hydrogen) atoms. The summed E-state index contributed by atoms with van der Waals surface area (Å²) in [7, 11) is 2.28. The molecule has 0 saturated heterocycles. The molecule has 0 aromatic heterocycles. The molecule has 1 heteroatoms. The Hall–Kier alpha value is -2.28. The van der Waals surface area contributed by atoms with E-state index in [1.54, 1.807) is 0 Å². The van der Waals surface area contributed by atoms with Gasteiger partial charge in [-0.15, -0.1) is 0 Å². The van der Waals surface area contributed by atoms with Crippen molar-refractivity contribution in [3.05, 3.63) is 72.8 Å². The Kier molecular flexibility index (Phi) is 2.31. The first-order valence-corrected chi connectivity index (χ1v) is 6.56. The van der Waals surface area contributed by atoms with Gasteiger partial charge in [-0.2, -0.15) is 0 Å². The molecular formula is C18H12B. The summed E-state index contributed by atoms with van der Waals surface area (Å²) < 4.78 is 0. The van der Waals surface area contributed by atoms with E-state index in [2.05, 4.69) is 80.1 Å². The van der Waals surface area contributed by atoms with Gasteiger partial charge in [-0.05, 0) is 22.3 Å². The Morgan fingerprint density at radius 1 is 0.421 bits per heavy atom. The number of rotatable bonds is 0. The highest BCUT2D eigenvalue weighted by Crippen LogP contribution is 2.31. The third kappa shape index (κ3) is 1.62. The van der Waals surface area contributed by atoms with Crippen molar-refractivity contribution in [1.29, 1.82) is 0 Å². The van der Waals surface area contributed by atoms with Gasteiger partial charge in [-0.25, -0.2) is 0 Å². The molecular weight excluding hydrogens is 227 g/mol. The molecule has 3 aromatic rings. The number of hydrogen-bond acceptors (Lipinski definition) is 0. The summed E-state index contributed by atoms with van der Waals surface area (Å²) in [6.07, 6.45) is 0. The van der Waals surface area contributed by atoms with Gasteiger partial charge in [-0.1, -0.05) is 83.7 Å². The molecule has 1 heterocycles. The van der Waals surface area contributed by atoms with Crippen LogP contribution in [0.5, 0.6) is 0 Å². The highest BCUT2D eigenvalue weighted by Gasteiger charge is 2.18. The van der Waals surface area contributed by atoms with E-state index >= 15 is 0 Å². The van der Waals surface area contributed by atoms with Crippen molar-refractivity contribution in [3.63, 3.8) is 0 Å². The third-order valence-corrected chi connectivity index (χ3v) is 3.74. The number of fused-ring (bicyclic) bond motifs is 5. The fourth-order valence-corrected chi connectivity index (χ4v) is 2.86. The molecule has 0 saturated carbocycles. The molecule has 87 valence electrons. The molecule has 0 nitrogen and oxygen atoms in total. The third-order valence-electron chi connectivity index (χ3n) is 3.74. The van der Waals surface area contributed by atoms with Crippen molar-refractivity contribution >= 4 is 18.2 Å². The molecule has 0 fully saturated rings. The summed E-state index contributed by atoms with van der Waals surface area (Å²) in [5.74, 6) is 0. The molecule has 0 unspecified atom stereocenters. The first-order chi connectivity index (χ1) is 9.43. The van der Waals surface area contributed by atoms with E-state index < -0.39 is 0 Å². The quantitative estimate of drug-likeness (QED) is 0.414. The Labute approximate surface area is 114 Å². The predicted octanol–water partition coefficient (Wildman–Crippen LogP) is 2.99. The van der Waals surface area contributed by atoms with Crippen LogP contribution in [0.4, 0.5) is 0 Å². The zero-order chi connectivity index (χ0) is 12.7. The van der Waals surface area contributed by atoms with E-state index in [1.165, 1.54) is 33.2 Å². The molecule has 1 aliphatic heterocycles. The van der Waals surface area contributed by atoms with Crippen molar-refractivity contribution in [1.82, 2.24) is 0 Å². The van der Waals surface area contributed by atoms with Gasteiger partial charge in [0.1, 0.15) is 0 Å². The van der Waals surface area contributed by atoms with Crippen LogP contribution in [0.1, 0.15) is 0 Å². The normalized spacial score (nSPS) is 11.6. The molecule has 0 amide bonds. The fourth-order valence-electron chi connectivity index (χ4n) is 2.86. The lowest BCUT2D eigenvalue weighted by molar-refractivity contribution is 1.62. The van der Waals surface area contributed by atoms with Crippen molar-refractivity contribution < 1.29 is 0 Å². The summed E-state index contributed by atoms with van der Waals surface area (Å²) in [5.41, 5.74) is 7.85. The SMILES string of the molecule is [B]1c2ccccc2-c2ccccc2-c2ccccc21. The Bertz CT molecular complexity index is 694. The van der Waals surface area contributed by atoms with Gasteiger partial charge in [0, 0.05) is 0 Å². The minimum absolute atomic E-state index is 1.29. The van der Waals surface area contributed by atoms with E-state index in [-0.39, 0.29) is 0 Å². The van der Waals surface area contributed by atoms with Crippen LogP contribution >= 0.6 is 0 Å². The zero-order valence-corrected chi connectivity index (χ0v) is 10.5. The molecule has 1 radical (unpaired) electrons. The van der Waals surface area contributed by atoms with Crippen LogP contribution in [0.25, 0.3) is 22.3 Å². The maximum absolute atomic E-state index is 2.28. The summed E-state index contributed by atoms with van der Waals surface area (Å²) in [6, 6.07) is 25.9. The van der Waals surface area contributed by atoms with Crippen molar-refractivity contribution in [2.45, 2.75) is 0 Å². The maximum atomic E-state index is 2.28. The van der Waals surface area contributed by atoms with Gasteiger partial charge in [-0.3, -0.25) is 0 Å². The molecule has 0 atom stereocenters. The van der Waals surface area contributed by atoms with E-state index in [1.807, 2.05) is 0 Å². The Morgan fingerprint density at radius 3 is 1.26 bits per heavy atom. The minimum Gasteiger partial charge on any atom is -0.0737 e. The second-order valence-corrected chi connectivity index (χ2v) is 4.86. The molecule has 4 rings (SSSR count). The monoisotopic (exact) mass is 239 g/mol. The topological polar surface area (TPSA) is 0 Å². The summed E-state index contributed by atoms with van der Waals surface area (Å²) in [6.45, 7) is 0. The largest absolute Gasteiger partial charge is 0.193 e. The summed E-state index contributed by atoms with van der Waals surface area (Å²) in [4.78, 5) is 0. The van der Waals surface area contributed by atoms with Crippen LogP contribution in [0.3, 0.4) is 0 Å². The first-order valence-electron chi connectivity index (χ1n) is 6.56. The van der Waals surface area contributed by atoms with Crippen LogP contribution in [-0.2, 0) is 0 Å². The maximum Gasteiger partial charge on any atom is 0.193 e. The smallest absolute Gasteiger partial charge is 0.0737 e. The highest BCUT2D eigenvalue weighted by atomic mass is 14.1. The first kappa shape index (κ1) is 10.6. The van der Waals surface area contributed by atoms with E-state index in [0.717, 1.165) is 0 Å². The average Bonchev–Trinajstić information content (AvgIpc) is 2.62. The lowest BCUT2D eigenvalue weighted by Gasteiger charge is -2.10. The number of hydrogen-bond donors (Lipinski definition) is 0. The predicted molar refractivity (Wildman–Crippen MR) is 82.3 cm³/mol. The van der Waals surface area contributed by atoms with Crippen molar-refractivity contribution in [2.75, 3.05) is 0 Å². The van der Waals surface area contributed by atoms with Gasteiger partial charge in [0.2, 0.25) is 0 Å². The molecule has 0 N–H and O–H groups in total. The molecule has 0 bridgehead atoms. The van der Waals surface area contributed by atoms with Crippen molar-refractivity contribution in [2.24, 2.45) is 0 Å². The molecule has 0 spiro atoms. The summed E-state index contributed by atoms with van der Waals surface area (Å²) >= 11 is 0. The Morgan fingerprint density at radius 2 is 0.789 bits per heavy atom. The van der Waals surface area contributed by atoms with E-state index in [0.29, 0.717) is 0 Å². The minimum atomic E-state index is 1.29. The second-order valence-electron chi connectivity index (χ2n) is 4.86. The fraction of sp³-hybridized carbons (Fsp3) is 0. The standard InChI is InChI=1S/C18H12B/c1-2-8-14-13(7-1)15-9-3-5-11-17(15)19-18-12-6-4-10-16(14)18/h1-12H. The summed E-state index contributed by atoms with van der Waals surface area (Å²) in [5, 5.41) is 0. The lowest BCUT2D eigenvalue weighted by atomic mass is 9.62. The highest BCUT2D eigenvalue weighted by molar-refractivity contribution is 6.70. The van der Waals surface area contributed by atoms with Gasteiger partial charge in [0.05, 0.1) is 0 Å². The second kappa shape index (κ2) is 4.13. The van der Waals surface area contributed by atoms with Gasteiger partial charge in [0.15, 0.2) is 7.28 Å². The van der Waals surface area contributed by atoms with Crippen LogP contribution in [0, 0.1) is 0 Å². The molecule has 1 aliphatic rings. The Balaban J connectivity index is 2.13. The number of benzene rings is 3. The van der Waals surface area contributed by atoms with Crippen molar-refractivity contribution in [3.8, 4) is 22.3 Å². The van der Waals surface area contributed by atoms with Crippen LogP contribution < -0.4 is 10.9 Å². The van der Waals surface area contributed by atoms with Gasteiger partial charge >= 0.3 is 0 Å². The van der Waals surface area contributed by atoms with Gasteiger partial charge in [0.25, 0.3) is 0 Å². The molecule has 0 aliphatic carbocycles. The van der Waals surface area contributed by atoms with Crippen LogP contribution in [0.2, 0.25) is 0 Å². The zero-order valence-electron chi connectivity index (χ0n) is 10.5. The van der Waals surface area contributed by atoms with Gasteiger partial charge < -0.3 is 0 Å². The van der Waals surface area contributed by atoms with E-state index in [4.69, 9.17) is 0 Å². The molecule has 3 aromatic carbocycles.